The first-order valence-electron chi connectivity index (χ1n) is 7.40. The minimum atomic E-state index is -0.248. The Labute approximate surface area is 121 Å². The van der Waals surface area contributed by atoms with Crippen LogP contribution in [-0.2, 0) is 11.3 Å². The summed E-state index contributed by atoms with van der Waals surface area (Å²) in [7, 11) is 1.43. The third-order valence-corrected chi connectivity index (χ3v) is 4.24. The fourth-order valence-corrected chi connectivity index (χ4v) is 2.93. The van der Waals surface area contributed by atoms with Crippen LogP contribution in [0.5, 0.6) is 0 Å². The lowest BCUT2D eigenvalue weighted by Gasteiger charge is -2.41. The van der Waals surface area contributed by atoms with Gasteiger partial charge in [0.05, 0.1) is 7.11 Å². The summed E-state index contributed by atoms with van der Waals surface area (Å²) in [6.07, 6.45) is 4.36. The van der Waals surface area contributed by atoms with Crippen LogP contribution in [0.1, 0.15) is 44.1 Å². The zero-order chi connectivity index (χ0) is 14.8. The topological polar surface area (TPSA) is 34.5 Å². The minimum absolute atomic E-state index is 0.248. The minimum Gasteiger partial charge on any atom is -0.464 e. The van der Waals surface area contributed by atoms with Gasteiger partial charge in [-0.2, -0.15) is 0 Å². The standard InChI is InChI=1S/C16H26N2O2/c1-16(2,3)18-10-7-13(8-11-18)12-17-9-5-6-14(17)15(19)20-4/h5-6,9,13H,7-8,10-12H2,1-4H3. The van der Waals surface area contributed by atoms with E-state index in [0.717, 1.165) is 19.6 Å². The summed E-state index contributed by atoms with van der Waals surface area (Å²) in [6, 6.07) is 3.74. The predicted molar refractivity (Wildman–Crippen MR) is 79.8 cm³/mol. The SMILES string of the molecule is COC(=O)c1cccn1CC1CCN(C(C)(C)C)CC1. The number of aromatic nitrogens is 1. The quantitative estimate of drug-likeness (QED) is 0.797. The van der Waals surface area contributed by atoms with Crippen molar-refractivity contribution in [2.24, 2.45) is 5.92 Å². The molecule has 1 aromatic rings. The summed E-state index contributed by atoms with van der Waals surface area (Å²) in [5.74, 6) is 0.395. The lowest BCUT2D eigenvalue weighted by Crippen LogP contribution is -2.46. The predicted octanol–water partition coefficient (Wildman–Crippen LogP) is 2.79. The maximum absolute atomic E-state index is 11.7. The summed E-state index contributed by atoms with van der Waals surface area (Å²) >= 11 is 0. The van der Waals surface area contributed by atoms with Gasteiger partial charge in [0, 0.05) is 18.3 Å². The summed E-state index contributed by atoms with van der Waals surface area (Å²) in [5, 5.41) is 0. The fourth-order valence-electron chi connectivity index (χ4n) is 2.93. The van der Waals surface area contributed by atoms with Gasteiger partial charge in [-0.05, 0) is 64.8 Å². The van der Waals surface area contributed by atoms with Crippen LogP contribution in [0, 0.1) is 5.92 Å². The number of carbonyl (C=O) groups is 1. The van der Waals surface area contributed by atoms with Gasteiger partial charge in [0.25, 0.3) is 0 Å². The van der Waals surface area contributed by atoms with E-state index in [-0.39, 0.29) is 11.5 Å². The van der Waals surface area contributed by atoms with Gasteiger partial charge in [-0.1, -0.05) is 0 Å². The van der Waals surface area contributed by atoms with Crippen molar-refractivity contribution in [1.82, 2.24) is 9.47 Å². The van der Waals surface area contributed by atoms with Gasteiger partial charge < -0.3 is 9.30 Å². The van der Waals surface area contributed by atoms with Crippen molar-refractivity contribution in [2.45, 2.75) is 45.7 Å². The number of esters is 1. The molecule has 1 saturated heterocycles. The Bertz CT molecular complexity index is 451. The highest BCUT2D eigenvalue weighted by molar-refractivity contribution is 5.87. The number of hydrogen-bond acceptors (Lipinski definition) is 3. The van der Waals surface area contributed by atoms with E-state index in [4.69, 9.17) is 4.74 Å². The Morgan fingerprint density at radius 1 is 1.35 bits per heavy atom. The molecule has 0 spiro atoms. The van der Waals surface area contributed by atoms with Crippen LogP contribution in [0.3, 0.4) is 0 Å². The average molecular weight is 278 g/mol. The molecule has 0 amide bonds. The highest BCUT2D eigenvalue weighted by Gasteiger charge is 2.27. The molecule has 1 aromatic heterocycles. The van der Waals surface area contributed by atoms with Crippen molar-refractivity contribution in [3.63, 3.8) is 0 Å². The summed E-state index contributed by atoms with van der Waals surface area (Å²) in [5.41, 5.74) is 0.918. The zero-order valence-corrected chi connectivity index (χ0v) is 13.1. The van der Waals surface area contributed by atoms with Crippen molar-refractivity contribution in [3.05, 3.63) is 24.0 Å². The Kier molecular flexibility index (Phi) is 4.53. The Morgan fingerprint density at radius 2 is 2.00 bits per heavy atom. The molecule has 2 heterocycles. The number of rotatable bonds is 3. The van der Waals surface area contributed by atoms with Crippen molar-refractivity contribution in [1.29, 1.82) is 0 Å². The van der Waals surface area contributed by atoms with Crippen LogP contribution in [0.4, 0.5) is 0 Å². The molecule has 0 aromatic carbocycles. The van der Waals surface area contributed by atoms with Crippen molar-refractivity contribution < 1.29 is 9.53 Å². The molecule has 0 bridgehead atoms. The van der Waals surface area contributed by atoms with Crippen LogP contribution >= 0.6 is 0 Å². The molecular formula is C16H26N2O2. The van der Waals surface area contributed by atoms with Crippen molar-refractivity contribution >= 4 is 5.97 Å². The molecule has 20 heavy (non-hydrogen) atoms. The highest BCUT2D eigenvalue weighted by Crippen LogP contribution is 2.25. The molecule has 112 valence electrons. The van der Waals surface area contributed by atoms with Crippen LogP contribution < -0.4 is 0 Å². The molecule has 0 saturated carbocycles. The maximum atomic E-state index is 11.7. The fraction of sp³-hybridized carbons (Fsp3) is 0.688. The van der Waals surface area contributed by atoms with Gasteiger partial charge in [0.1, 0.15) is 5.69 Å². The van der Waals surface area contributed by atoms with Gasteiger partial charge in [-0.25, -0.2) is 4.79 Å². The second-order valence-corrected chi connectivity index (χ2v) is 6.64. The second-order valence-electron chi connectivity index (χ2n) is 6.64. The number of hydrogen-bond donors (Lipinski definition) is 0. The lowest BCUT2D eigenvalue weighted by atomic mass is 9.93. The van der Waals surface area contributed by atoms with Crippen LogP contribution in [-0.4, -0.2) is 41.2 Å². The second kappa shape index (κ2) is 6.00. The first-order valence-corrected chi connectivity index (χ1v) is 7.40. The number of nitrogens with zero attached hydrogens (tertiary/aromatic N) is 2. The molecule has 1 aliphatic rings. The van der Waals surface area contributed by atoms with Gasteiger partial charge in [0.2, 0.25) is 0 Å². The molecule has 0 radical (unpaired) electrons. The monoisotopic (exact) mass is 278 g/mol. The number of methoxy groups -OCH3 is 1. The molecule has 1 aliphatic heterocycles. The van der Waals surface area contributed by atoms with Gasteiger partial charge in [0.15, 0.2) is 0 Å². The van der Waals surface area contributed by atoms with E-state index in [1.807, 2.05) is 22.9 Å². The third-order valence-electron chi connectivity index (χ3n) is 4.24. The summed E-state index contributed by atoms with van der Waals surface area (Å²) in [4.78, 5) is 14.2. The van der Waals surface area contributed by atoms with E-state index in [9.17, 15) is 4.79 Å². The summed E-state index contributed by atoms with van der Waals surface area (Å²) in [6.45, 7) is 10.0. The van der Waals surface area contributed by atoms with Crippen LogP contribution in [0.2, 0.25) is 0 Å². The number of ether oxygens (including phenoxy) is 1. The molecule has 0 aliphatic carbocycles. The van der Waals surface area contributed by atoms with Crippen molar-refractivity contribution in [3.8, 4) is 0 Å². The van der Waals surface area contributed by atoms with Gasteiger partial charge in [-0.3, -0.25) is 4.90 Å². The molecular weight excluding hydrogens is 252 g/mol. The molecule has 4 heteroatoms. The van der Waals surface area contributed by atoms with E-state index < -0.39 is 0 Å². The highest BCUT2D eigenvalue weighted by atomic mass is 16.5. The van der Waals surface area contributed by atoms with E-state index in [1.54, 1.807) is 0 Å². The Morgan fingerprint density at radius 3 is 2.55 bits per heavy atom. The number of carbonyl (C=O) groups excluding carboxylic acids is 1. The van der Waals surface area contributed by atoms with E-state index >= 15 is 0 Å². The Balaban J connectivity index is 1.93. The first-order chi connectivity index (χ1) is 9.41. The van der Waals surface area contributed by atoms with Gasteiger partial charge >= 0.3 is 5.97 Å². The van der Waals surface area contributed by atoms with Crippen LogP contribution in [0.25, 0.3) is 0 Å². The molecule has 0 atom stereocenters. The molecule has 4 nitrogen and oxygen atoms in total. The molecule has 0 N–H and O–H groups in total. The third kappa shape index (κ3) is 3.42. The Hall–Kier alpha value is -1.29. The number of piperidine rings is 1. The lowest BCUT2D eigenvalue weighted by molar-refractivity contribution is 0.0582. The average Bonchev–Trinajstić information content (AvgIpc) is 2.85. The van der Waals surface area contributed by atoms with E-state index in [1.165, 1.54) is 20.0 Å². The van der Waals surface area contributed by atoms with Crippen LogP contribution in [0.15, 0.2) is 18.3 Å². The zero-order valence-electron chi connectivity index (χ0n) is 13.1. The number of likely N-dealkylation sites (tertiary alicyclic amines) is 1. The normalized spacial score (nSPS) is 18.2. The van der Waals surface area contributed by atoms with E-state index in [2.05, 4.69) is 25.7 Å². The molecule has 2 rings (SSSR count). The first kappa shape index (κ1) is 15.1. The molecule has 0 unspecified atom stereocenters. The van der Waals surface area contributed by atoms with Crippen molar-refractivity contribution in [2.75, 3.05) is 20.2 Å². The maximum Gasteiger partial charge on any atom is 0.354 e. The van der Waals surface area contributed by atoms with Gasteiger partial charge in [-0.15, -0.1) is 0 Å². The smallest absolute Gasteiger partial charge is 0.354 e. The largest absolute Gasteiger partial charge is 0.464 e. The summed E-state index contributed by atoms with van der Waals surface area (Å²) < 4.78 is 6.85. The molecule has 1 fully saturated rings. The van der Waals surface area contributed by atoms with E-state index in [0.29, 0.717) is 11.6 Å².